The van der Waals surface area contributed by atoms with Crippen LogP contribution in [0.2, 0.25) is 0 Å². The molecule has 1 saturated heterocycles. The van der Waals surface area contributed by atoms with Gasteiger partial charge in [0.1, 0.15) is 5.82 Å². The number of sulfone groups is 1. The lowest BCUT2D eigenvalue weighted by Gasteiger charge is -2.30. The Labute approximate surface area is 180 Å². The summed E-state index contributed by atoms with van der Waals surface area (Å²) in [6, 6.07) is 9.11. The molecule has 0 atom stereocenters. The van der Waals surface area contributed by atoms with Crippen molar-refractivity contribution in [3.05, 3.63) is 58.4 Å². The molecule has 1 amide bonds. The van der Waals surface area contributed by atoms with Crippen molar-refractivity contribution in [2.75, 3.05) is 32.2 Å². The van der Waals surface area contributed by atoms with Gasteiger partial charge in [-0.2, -0.15) is 0 Å². The average Bonchev–Trinajstić information content (AvgIpc) is 3.22. The Balaban J connectivity index is 1.56. The van der Waals surface area contributed by atoms with E-state index in [0.717, 1.165) is 18.1 Å². The van der Waals surface area contributed by atoms with Gasteiger partial charge in [-0.25, -0.2) is 12.8 Å². The van der Waals surface area contributed by atoms with Crippen LogP contribution in [-0.2, 0) is 21.1 Å². The number of hydrogen-bond donors (Lipinski definition) is 1. The fourth-order valence-corrected chi connectivity index (χ4v) is 5.84. The fourth-order valence-electron chi connectivity index (χ4n) is 4.06. The molecular formula is C22H23FN2O5S. The molecule has 0 radical (unpaired) electrons. The van der Waals surface area contributed by atoms with E-state index in [1.165, 1.54) is 12.1 Å². The van der Waals surface area contributed by atoms with E-state index >= 15 is 0 Å². The smallest absolute Gasteiger partial charge is 0.265 e. The number of amides is 1. The molecule has 2 aliphatic heterocycles. The van der Waals surface area contributed by atoms with Crippen LogP contribution in [0.1, 0.15) is 18.4 Å². The van der Waals surface area contributed by atoms with Gasteiger partial charge in [0.2, 0.25) is 9.84 Å². The summed E-state index contributed by atoms with van der Waals surface area (Å²) >= 11 is 0. The first-order valence-corrected chi connectivity index (χ1v) is 11.4. The molecule has 2 aliphatic rings. The SMILES string of the molecule is COc1ccc(CCNC(=O)C2=C3CCCN3c3ccc(F)cc3S2(=O)=O)cc1OC. The number of nitrogens with zero attached hydrogens (tertiary/aromatic N) is 1. The summed E-state index contributed by atoms with van der Waals surface area (Å²) in [6.07, 6.45) is 1.68. The van der Waals surface area contributed by atoms with Gasteiger partial charge in [0, 0.05) is 18.8 Å². The van der Waals surface area contributed by atoms with E-state index in [9.17, 15) is 17.6 Å². The van der Waals surface area contributed by atoms with Crippen molar-refractivity contribution in [2.45, 2.75) is 24.2 Å². The molecule has 7 nitrogen and oxygen atoms in total. The zero-order valence-electron chi connectivity index (χ0n) is 17.3. The number of benzene rings is 2. The number of carbonyl (C=O) groups is 1. The number of hydrogen-bond acceptors (Lipinski definition) is 6. The van der Waals surface area contributed by atoms with E-state index in [1.807, 2.05) is 12.1 Å². The second kappa shape index (κ2) is 8.22. The van der Waals surface area contributed by atoms with Crippen LogP contribution in [0, 0.1) is 5.82 Å². The third-order valence-corrected chi connectivity index (χ3v) is 7.37. The standard InChI is InChI=1S/C22H23FN2O5S/c1-29-18-8-5-14(12-19(18)30-2)9-10-24-22(26)21-17-4-3-11-25(17)16-7-6-15(23)13-20(16)31(21,27)28/h5-8,12-13H,3-4,9-11H2,1-2H3,(H,24,26). The molecule has 0 spiro atoms. The quantitative estimate of drug-likeness (QED) is 0.735. The summed E-state index contributed by atoms with van der Waals surface area (Å²) in [5.41, 5.74) is 1.80. The Hall–Kier alpha value is -3.07. The maximum absolute atomic E-state index is 13.8. The summed E-state index contributed by atoms with van der Waals surface area (Å²) in [5.74, 6) is -0.149. The largest absolute Gasteiger partial charge is 0.493 e. The number of rotatable bonds is 6. The summed E-state index contributed by atoms with van der Waals surface area (Å²) < 4.78 is 50.7. The summed E-state index contributed by atoms with van der Waals surface area (Å²) in [5, 5.41) is 2.71. The van der Waals surface area contributed by atoms with Crippen LogP contribution in [-0.4, -0.2) is 41.6 Å². The topological polar surface area (TPSA) is 84.9 Å². The number of nitrogens with one attached hydrogen (secondary N) is 1. The Morgan fingerprint density at radius 1 is 1.13 bits per heavy atom. The number of allylic oxidation sites excluding steroid dienone is 1. The number of fused-ring (bicyclic) bond motifs is 3. The highest BCUT2D eigenvalue weighted by atomic mass is 32.2. The molecule has 0 aromatic heterocycles. The van der Waals surface area contributed by atoms with E-state index in [1.54, 1.807) is 25.2 Å². The zero-order chi connectivity index (χ0) is 22.2. The molecule has 31 heavy (non-hydrogen) atoms. The molecule has 0 unspecified atom stereocenters. The average molecular weight is 447 g/mol. The van der Waals surface area contributed by atoms with Crippen LogP contribution in [0.25, 0.3) is 0 Å². The normalized spacial score (nSPS) is 16.5. The summed E-state index contributed by atoms with van der Waals surface area (Å²) in [7, 11) is -1.03. The van der Waals surface area contributed by atoms with Crippen molar-refractivity contribution in [3.63, 3.8) is 0 Å². The molecule has 0 bridgehead atoms. The molecule has 2 aromatic carbocycles. The van der Waals surface area contributed by atoms with Crippen LogP contribution in [0.4, 0.5) is 10.1 Å². The van der Waals surface area contributed by atoms with Crippen LogP contribution < -0.4 is 19.7 Å². The molecule has 0 saturated carbocycles. The van der Waals surface area contributed by atoms with Gasteiger partial charge in [-0.05, 0) is 55.2 Å². The molecule has 1 N–H and O–H groups in total. The lowest BCUT2D eigenvalue weighted by Crippen LogP contribution is -2.36. The molecule has 9 heteroatoms. The van der Waals surface area contributed by atoms with E-state index in [4.69, 9.17) is 9.47 Å². The van der Waals surface area contributed by atoms with Gasteiger partial charge in [-0.1, -0.05) is 6.07 Å². The number of ether oxygens (including phenoxy) is 2. The minimum atomic E-state index is -4.12. The Morgan fingerprint density at radius 2 is 1.90 bits per heavy atom. The van der Waals surface area contributed by atoms with Crippen LogP contribution in [0.3, 0.4) is 0 Å². The lowest BCUT2D eigenvalue weighted by atomic mass is 10.1. The van der Waals surface area contributed by atoms with Crippen LogP contribution in [0.5, 0.6) is 11.5 Å². The third kappa shape index (κ3) is 3.74. The number of halogens is 1. The van der Waals surface area contributed by atoms with E-state index < -0.39 is 21.6 Å². The van der Waals surface area contributed by atoms with Gasteiger partial charge in [-0.15, -0.1) is 0 Å². The van der Waals surface area contributed by atoms with Gasteiger partial charge < -0.3 is 19.7 Å². The van der Waals surface area contributed by atoms with Gasteiger partial charge in [-0.3, -0.25) is 4.79 Å². The highest BCUT2D eigenvalue weighted by molar-refractivity contribution is 7.96. The van der Waals surface area contributed by atoms with Crippen molar-refractivity contribution in [1.82, 2.24) is 5.32 Å². The Morgan fingerprint density at radius 3 is 2.65 bits per heavy atom. The number of anilines is 1. The molecular weight excluding hydrogens is 423 g/mol. The van der Waals surface area contributed by atoms with E-state index in [0.29, 0.717) is 42.3 Å². The molecule has 2 aromatic rings. The van der Waals surface area contributed by atoms with Crippen molar-refractivity contribution >= 4 is 21.4 Å². The predicted octanol–water partition coefficient (Wildman–Crippen LogP) is 2.80. The maximum atomic E-state index is 13.8. The van der Waals surface area contributed by atoms with Crippen molar-refractivity contribution < 1.29 is 27.1 Å². The van der Waals surface area contributed by atoms with Crippen molar-refractivity contribution in [2.24, 2.45) is 0 Å². The van der Waals surface area contributed by atoms with Gasteiger partial charge in [0.15, 0.2) is 16.4 Å². The highest BCUT2D eigenvalue weighted by Crippen LogP contribution is 2.43. The first-order chi connectivity index (χ1) is 14.9. The van der Waals surface area contributed by atoms with E-state index in [-0.39, 0.29) is 16.3 Å². The monoisotopic (exact) mass is 446 g/mol. The zero-order valence-corrected chi connectivity index (χ0v) is 18.1. The summed E-state index contributed by atoms with van der Waals surface area (Å²) in [4.78, 5) is 14.3. The second-order valence-electron chi connectivity index (χ2n) is 7.34. The van der Waals surface area contributed by atoms with Gasteiger partial charge >= 0.3 is 0 Å². The molecule has 164 valence electrons. The fraction of sp³-hybridized carbons (Fsp3) is 0.318. The first-order valence-electron chi connectivity index (χ1n) is 9.91. The minimum absolute atomic E-state index is 0.164. The maximum Gasteiger partial charge on any atom is 0.265 e. The Bertz CT molecular complexity index is 1180. The second-order valence-corrected chi connectivity index (χ2v) is 9.20. The van der Waals surface area contributed by atoms with E-state index in [2.05, 4.69) is 5.32 Å². The van der Waals surface area contributed by atoms with Crippen molar-refractivity contribution in [3.8, 4) is 11.5 Å². The number of methoxy groups -OCH3 is 2. The van der Waals surface area contributed by atoms with Crippen LogP contribution >= 0.6 is 0 Å². The molecule has 0 aliphatic carbocycles. The molecule has 2 heterocycles. The predicted molar refractivity (Wildman–Crippen MR) is 113 cm³/mol. The van der Waals surface area contributed by atoms with Crippen LogP contribution in [0.15, 0.2) is 51.9 Å². The van der Waals surface area contributed by atoms with Gasteiger partial charge in [0.05, 0.1) is 24.8 Å². The Kier molecular flexibility index (Phi) is 5.62. The number of carbonyl (C=O) groups excluding carboxylic acids is 1. The lowest BCUT2D eigenvalue weighted by molar-refractivity contribution is -0.116. The van der Waals surface area contributed by atoms with Crippen molar-refractivity contribution in [1.29, 1.82) is 0 Å². The first kappa shape index (κ1) is 21.2. The third-order valence-electron chi connectivity index (χ3n) is 5.51. The molecule has 4 rings (SSSR count). The van der Waals surface area contributed by atoms with Gasteiger partial charge in [0.25, 0.3) is 5.91 Å². The highest BCUT2D eigenvalue weighted by Gasteiger charge is 2.41. The summed E-state index contributed by atoms with van der Waals surface area (Å²) in [6.45, 7) is 0.822. The molecule has 1 fully saturated rings. The minimum Gasteiger partial charge on any atom is -0.493 e.